The van der Waals surface area contributed by atoms with Gasteiger partial charge in [-0.15, -0.1) is 32.9 Å². The van der Waals surface area contributed by atoms with Crippen molar-refractivity contribution in [2.75, 3.05) is 20.2 Å². The molecule has 1 amide bonds. The SMILES string of the molecule is CCn1nnc2c(C)c(C(CC(=O)O)c3ccc4c(c3)CN(C(=O)c3cscn3)CC4)ccc21.CCn1nnc2c(C)c(C(CC(=O)OC)c3ccc4c(c3)CNCC4)ccc21.O=C(O)c1cscn1. The van der Waals surface area contributed by atoms with Crippen molar-refractivity contribution < 1.29 is 34.1 Å². The van der Waals surface area contributed by atoms with Crippen LogP contribution in [0.1, 0.15) is 115 Å². The molecule has 0 radical (unpaired) electrons. The number of nitrogens with one attached hydrogen (secondary N) is 1. The lowest BCUT2D eigenvalue weighted by atomic mass is 9.83. The Morgan fingerprint density at radius 2 is 1.27 bits per heavy atom. The molecule has 0 aliphatic carbocycles. The Kier molecular flexibility index (Phi) is 15.5. The molecule has 4 aromatic heterocycles. The minimum absolute atomic E-state index is 0.0332. The lowest BCUT2D eigenvalue weighted by molar-refractivity contribution is -0.141. The fourth-order valence-corrected chi connectivity index (χ4v) is 10.4. The Labute approximate surface area is 412 Å². The van der Waals surface area contributed by atoms with E-state index in [1.165, 1.54) is 57.4 Å². The summed E-state index contributed by atoms with van der Waals surface area (Å²) in [6, 6.07) is 20.9. The van der Waals surface area contributed by atoms with Crippen LogP contribution < -0.4 is 5.32 Å². The molecule has 0 spiro atoms. The molecule has 70 heavy (non-hydrogen) atoms. The third-order valence-electron chi connectivity index (χ3n) is 13.0. The number of aromatic carboxylic acids is 1. The number of carbonyl (C=O) groups is 4. The molecule has 2 aliphatic heterocycles. The first-order valence-corrected chi connectivity index (χ1v) is 24.9. The molecule has 3 N–H and O–H groups in total. The number of methoxy groups -OCH3 is 1. The number of nitrogens with zero attached hydrogens (tertiary/aromatic N) is 9. The van der Waals surface area contributed by atoms with Gasteiger partial charge in [-0.3, -0.25) is 14.4 Å². The van der Waals surface area contributed by atoms with Crippen molar-refractivity contribution in [2.24, 2.45) is 0 Å². The van der Waals surface area contributed by atoms with Crippen LogP contribution >= 0.6 is 22.7 Å². The van der Waals surface area contributed by atoms with Gasteiger partial charge >= 0.3 is 17.9 Å². The number of carboxylic acid groups (broad SMARTS) is 2. The van der Waals surface area contributed by atoms with Crippen LogP contribution in [0.4, 0.5) is 0 Å². The van der Waals surface area contributed by atoms with Crippen LogP contribution in [0.15, 0.2) is 82.4 Å². The van der Waals surface area contributed by atoms with Crippen LogP contribution in [0.3, 0.4) is 0 Å². The van der Waals surface area contributed by atoms with Crippen molar-refractivity contribution in [1.82, 2.24) is 50.2 Å². The van der Waals surface area contributed by atoms with E-state index in [9.17, 15) is 24.3 Å². The van der Waals surface area contributed by atoms with Gasteiger partial charge < -0.3 is 25.2 Å². The first-order valence-electron chi connectivity index (χ1n) is 23.1. The van der Waals surface area contributed by atoms with Gasteiger partial charge in [-0.1, -0.05) is 59.0 Å². The minimum atomic E-state index is -0.966. The average molecular weight is 983 g/mol. The summed E-state index contributed by atoms with van der Waals surface area (Å²) in [7, 11) is 1.44. The molecule has 10 rings (SSSR count). The molecule has 362 valence electrons. The Hall–Kier alpha value is -7.22. The molecule has 4 aromatic carbocycles. The molecule has 0 saturated heterocycles. The highest BCUT2D eigenvalue weighted by Crippen LogP contribution is 2.37. The van der Waals surface area contributed by atoms with E-state index in [4.69, 9.17) is 9.84 Å². The fraction of sp³-hybridized carbons (Fsp3) is 0.333. The van der Waals surface area contributed by atoms with Gasteiger partial charge in [0.25, 0.3) is 5.91 Å². The second-order valence-corrected chi connectivity index (χ2v) is 18.5. The number of fused-ring (bicyclic) bond motifs is 4. The molecular weight excluding hydrogens is 929 g/mol. The number of thiazole rings is 2. The second-order valence-electron chi connectivity index (χ2n) is 17.1. The van der Waals surface area contributed by atoms with Gasteiger partial charge in [0.2, 0.25) is 0 Å². The van der Waals surface area contributed by atoms with E-state index in [1.807, 2.05) is 46.3 Å². The van der Waals surface area contributed by atoms with Crippen molar-refractivity contribution in [2.45, 2.75) is 91.4 Å². The Morgan fingerprint density at radius 1 is 0.714 bits per heavy atom. The van der Waals surface area contributed by atoms with Gasteiger partial charge in [-0.25, -0.2) is 24.1 Å². The highest BCUT2D eigenvalue weighted by molar-refractivity contribution is 7.08. The van der Waals surface area contributed by atoms with E-state index >= 15 is 0 Å². The van der Waals surface area contributed by atoms with E-state index in [0.717, 1.165) is 100 Å². The van der Waals surface area contributed by atoms with Crippen LogP contribution in [0.25, 0.3) is 22.1 Å². The normalized spacial score (nSPS) is 13.8. The van der Waals surface area contributed by atoms with Gasteiger partial charge in [0.05, 0.1) is 42.0 Å². The Balaban J connectivity index is 0.000000164. The topological polar surface area (TPSA) is 220 Å². The lowest BCUT2D eigenvalue weighted by Gasteiger charge is -2.29. The fourth-order valence-electron chi connectivity index (χ4n) is 9.31. The average Bonchev–Trinajstić information content (AvgIpc) is 4.24. The number of carboxylic acids is 2. The zero-order valence-corrected chi connectivity index (χ0v) is 41.2. The molecule has 0 fully saturated rings. The number of benzene rings is 4. The van der Waals surface area contributed by atoms with Crippen molar-refractivity contribution >= 4 is 68.6 Å². The highest BCUT2D eigenvalue weighted by Gasteiger charge is 2.28. The number of hydrogen-bond acceptors (Lipinski definition) is 14. The van der Waals surface area contributed by atoms with Gasteiger partial charge in [-0.2, -0.15) is 0 Å². The second kappa shape index (κ2) is 22.0. The Bertz CT molecular complexity index is 3170. The summed E-state index contributed by atoms with van der Waals surface area (Å²) in [5.41, 5.74) is 18.5. The first kappa shape index (κ1) is 49.2. The van der Waals surface area contributed by atoms with E-state index in [0.29, 0.717) is 25.2 Å². The van der Waals surface area contributed by atoms with E-state index in [2.05, 4.69) is 92.2 Å². The number of carbonyl (C=O) groups excluding carboxylic acids is 2. The number of ether oxygens (including phenoxy) is 1. The number of amides is 1. The third-order valence-corrected chi connectivity index (χ3v) is 14.2. The summed E-state index contributed by atoms with van der Waals surface area (Å²) in [5.74, 6) is -2.51. The molecular formula is C51H54N10O7S2. The number of aromatic nitrogens is 8. The summed E-state index contributed by atoms with van der Waals surface area (Å²) in [4.78, 5) is 56.4. The zero-order valence-electron chi connectivity index (χ0n) is 39.6. The summed E-state index contributed by atoms with van der Waals surface area (Å²) >= 11 is 2.68. The molecule has 2 unspecified atom stereocenters. The van der Waals surface area contributed by atoms with Crippen LogP contribution in [0.5, 0.6) is 0 Å². The summed E-state index contributed by atoms with van der Waals surface area (Å²) in [5, 5.41) is 41.8. The summed E-state index contributed by atoms with van der Waals surface area (Å²) in [6.45, 7) is 12.6. The van der Waals surface area contributed by atoms with Gasteiger partial charge in [0.1, 0.15) is 16.7 Å². The summed E-state index contributed by atoms with van der Waals surface area (Å²) in [6.07, 6.45) is 2.08. The first-order chi connectivity index (χ1) is 33.9. The van der Waals surface area contributed by atoms with Crippen LogP contribution in [-0.2, 0) is 53.3 Å². The monoisotopic (exact) mass is 982 g/mol. The lowest BCUT2D eigenvalue weighted by Crippen LogP contribution is -2.36. The molecule has 0 saturated carbocycles. The van der Waals surface area contributed by atoms with Crippen LogP contribution in [-0.4, -0.2) is 99.1 Å². The maximum absolute atomic E-state index is 12.8. The predicted octanol–water partition coefficient (Wildman–Crippen LogP) is 7.96. The molecule has 19 heteroatoms. The molecule has 6 heterocycles. The van der Waals surface area contributed by atoms with Crippen molar-refractivity contribution in [1.29, 1.82) is 0 Å². The standard InChI is InChI=1S/C25H25N5O3S.C22H26N4O2.C4H3NO2S/c1-3-30-22-7-6-19(15(2)24(22)27-28-30)20(11-23(31)32)17-5-4-16-8-9-29(12-18(16)10-17)25(33)21-13-34-14-26-21;1-4-26-20-8-7-18(14(2)22(20)24-25-26)19(12-21(27)28-3)16-6-5-15-9-10-23-13-17(15)11-16;6-4(7)3-1-8-2-5-3/h4-7,10,13-14,20H,3,8-9,11-12H2,1-2H3,(H,31,32);5-8,11,19,23H,4,9-10,12-13H2,1-3H3;1-2H,(H,6,7). The quantitative estimate of drug-likeness (QED) is 0.0989. The number of esters is 1. The van der Waals surface area contributed by atoms with Crippen molar-refractivity contribution in [3.8, 4) is 0 Å². The van der Waals surface area contributed by atoms with E-state index in [-0.39, 0.29) is 35.8 Å². The van der Waals surface area contributed by atoms with Gasteiger partial charge in [0.15, 0.2) is 5.69 Å². The van der Waals surface area contributed by atoms with Crippen molar-refractivity contribution in [3.05, 3.63) is 149 Å². The molecule has 2 aliphatic rings. The van der Waals surface area contributed by atoms with Crippen LogP contribution in [0.2, 0.25) is 0 Å². The van der Waals surface area contributed by atoms with Crippen LogP contribution in [0, 0.1) is 13.8 Å². The number of hydrogen-bond donors (Lipinski definition) is 3. The Morgan fingerprint density at radius 3 is 1.79 bits per heavy atom. The van der Waals surface area contributed by atoms with Crippen molar-refractivity contribution in [3.63, 3.8) is 0 Å². The third kappa shape index (κ3) is 10.7. The minimum Gasteiger partial charge on any atom is -0.481 e. The summed E-state index contributed by atoms with van der Waals surface area (Å²) < 4.78 is 8.74. The number of rotatable bonds is 12. The molecule has 17 nitrogen and oxygen atoms in total. The number of aryl methyl sites for hydroxylation is 4. The van der Waals surface area contributed by atoms with Gasteiger partial charge in [0, 0.05) is 55.3 Å². The van der Waals surface area contributed by atoms with E-state index in [1.54, 1.807) is 10.9 Å². The number of aliphatic carboxylic acids is 1. The maximum atomic E-state index is 12.8. The largest absolute Gasteiger partial charge is 0.481 e. The highest BCUT2D eigenvalue weighted by atomic mass is 32.1. The predicted molar refractivity (Wildman–Crippen MR) is 266 cm³/mol. The molecule has 0 bridgehead atoms. The zero-order chi connectivity index (χ0) is 49.5. The molecule has 2 atom stereocenters. The molecule has 8 aromatic rings. The smallest absolute Gasteiger partial charge is 0.355 e. The maximum Gasteiger partial charge on any atom is 0.355 e. The van der Waals surface area contributed by atoms with Gasteiger partial charge in [-0.05, 0) is 115 Å². The van der Waals surface area contributed by atoms with E-state index < -0.39 is 11.9 Å².